The first kappa shape index (κ1) is 101. The monoisotopic (exact) mass is 2020 g/mol. The molecule has 0 radical (unpaired) electrons. The van der Waals surface area contributed by atoms with E-state index in [4.69, 9.17) is 10.2 Å². The van der Waals surface area contributed by atoms with Crippen LogP contribution in [0.1, 0.15) is 184 Å². The van der Waals surface area contributed by atoms with E-state index in [9.17, 15) is 38.4 Å². The lowest BCUT2D eigenvalue weighted by atomic mass is 9.97. The van der Waals surface area contributed by atoms with Gasteiger partial charge in [-0.25, -0.2) is 34.5 Å². The molecule has 8 aromatic heterocycles. The van der Waals surface area contributed by atoms with Gasteiger partial charge in [-0.15, -0.1) is 50.4 Å². The molecule has 7 aromatic carbocycles. The van der Waals surface area contributed by atoms with Crippen LogP contribution in [0.25, 0.3) is 28.4 Å². The number of hydrogen-bond donors (Lipinski definition) is 9. The number of aromatic nitrogens is 12. The Hall–Kier alpha value is -15.4. The summed E-state index contributed by atoms with van der Waals surface area (Å²) in [6, 6.07) is 52.9. The Bertz CT molecular complexity index is 7030. The van der Waals surface area contributed by atoms with Gasteiger partial charge in [-0.1, -0.05) is 84.1 Å². The van der Waals surface area contributed by atoms with Gasteiger partial charge in [0.25, 0.3) is 47.3 Å². The second kappa shape index (κ2) is 46.7. The van der Waals surface area contributed by atoms with Crippen LogP contribution < -0.4 is 48.3 Å². The number of allylic oxidation sites excluding steroid dienone is 1. The number of thiazole rings is 4. The summed E-state index contributed by atoms with van der Waals surface area (Å²) in [5.74, 6) is -0.983. The summed E-state index contributed by atoms with van der Waals surface area (Å²) in [5.41, 5.74) is 21.4. The van der Waals surface area contributed by atoms with Crippen LogP contribution in [0.15, 0.2) is 221 Å². The summed E-state index contributed by atoms with van der Waals surface area (Å²) >= 11 is 6.22. The molecule has 10 N–H and O–H groups in total. The van der Waals surface area contributed by atoms with Crippen molar-refractivity contribution in [3.05, 3.63) is 328 Å². The van der Waals surface area contributed by atoms with Crippen LogP contribution in [0.4, 0.5) is 26.3 Å². The summed E-state index contributed by atoms with van der Waals surface area (Å²) in [6.45, 7) is 3.48. The number of likely N-dealkylation sites (N-methyl/N-ethyl adjacent to an activating group) is 4. The molecule has 0 saturated heterocycles. The number of carbonyl (C=O) groups excluding carboxylic acids is 8. The molecule has 0 unspecified atom stereocenters. The Labute approximate surface area is 852 Å². The number of fused-ring (bicyclic) bond motifs is 4. The van der Waals surface area contributed by atoms with Gasteiger partial charge in [0, 0.05) is 139 Å². The van der Waals surface area contributed by atoms with Crippen molar-refractivity contribution in [2.24, 2.45) is 4.99 Å². The maximum atomic E-state index is 12.9. The predicted octanol–water partition coefficient (Wildman–Crippen LogP) is 14.1. The SMILES string of the molecule is CN(C)[C@H]1CCc2nc(NC(=O)c3cccc(CNC(=O)c4ccc(-c5cnco5)cc4)c3)sc2C1.CN(C)[C@H]1CCc2nc(NC(=O)c3cccc(CNC(=O)c4ccc(-n5ccnc5)cc4)c3)sc2C1.CN(C)[C@H]1CCc2nc(NC(=O)c3cccc(CNC(=O)c4cccc(C5=CCN=C5)c4)c3)sc2C1.Cc1c(C(=O)NCc2cccc(C(=O)Nc3nc4c(s3)C[C@@H](N(C)C)CC4)c2)nnn1-c1nonc1N. The first-order chi connectivity index (χ1) is 70.2. The molecular weight excluding hydrogens is 1910 g/mol. The Kier molecular flexibility index (Phi) is 32.6. The predicted molar refractivity (Wildman–Crippen MR) is 560 cm³/mol. The molecule has 0 bridgehead atoms. The number of aryl methyl sites for hydroxylation is 4. The van der Waals surface area contributed by atoms with E-state index in [1.165, 1.54) is 41.9 Å². The largest absolute Gasteiger partial charge is 0.444 e. The second-order valence-electron chi connectivity index (χ2n) is 36.4. The summed E-state index contributed by atoms with van der Waals surface area (Å²) in [4.78, 5) is 147. The quantitative estimate of drug-likeness (QED) is 0.0220. The van der Waals surface area contributed by atoms with Crippen LogP contribution in [0, 0.1) is 6.92 Å². The van der Waals surface area contributed by atoms with Crippen molar-refractivity contribution in [1.82, 2.24) is 101 Å². The van der Waals surface area contributed by atoms with E-state index < -0.39 is 5.91 Å². The molecule has 9 heterocycles. The molecule has 40 heteroatoms. The smallest absolute Gasteiger partial charge is 0.274 e. The number of amides is 8. The Morgan fingerprint density at radius 1 is 0.434 bits per heavy atom. The summed E-state index contributed by atoms with van der Waals surface area (Å²) in [7, 11) is 16.8. The molecule has 4 atom stereocenters. The third-order valence-corrected chi connectivity index (χ3v) is 29.9. The number of oxazole rings is 1. The van der Waals surface area contributed by atoms with Gasteiger partial charge in [0.15, 0.2) is 38.4 Å². The van der Waals surface area contributed by atoms with Gasteiger partial charge in [-0.05, 0) is 281 Å². The summed E-state index contributed by atoms with van der Waals surface area (Å²) < 4.78 is 13.0. The Balaban J connectivity index is 0.000000132. The van der Waals surface area contributed by atoms with Crippen LogP contribution >= 0.6 is 45.3 Å². The second-order valence-corrected chi connectivity index (χ2v) is 40.8. The number of imidazole rings is 1. The zero-order chi connectivity index (χ0) is 101. The number of anilines is 5. The number of nitrogen functional groups attached to an aromatic ring is 1. The lowest BCUT2D eigenvalue weighted by molar-refractivity contribution is 0.0938. The molecule has 0 fully saturated rings. The van der Waals surface area contributed by atoms with Crippen LogP contribution in [0.3, 0.4) is 0 Å². The number of nitrogens with two attached hydrogens (primary N) is 1. The molecule has 15 aromatic rings. The van der Waals surface area contributed by atoms with Gasteiger partial charge in [0.05, 0.1) is 47.5 Å². The number of nitrogens with zero attached hydrogens (tertiary/aromatic N) is 17. The van der Waals surface area contributed by atoms with Crippen LogP contribution in [-0.2, 0) is 77.5 Å². The van der Waals surface area contributed by atoms with Gasteiger partial charge in [-0.3, -0.25) is 64.6 Å². The van der Waals surface area contributed by atoms with Crippen LogP contribution in [0.2, 0.25) is 0 Å². The third-order valence-electron chi connectivity index (χ3n) is 25.7. The fourth-order valence-corrected chi connectivity index (χ4v) is 21.6. The molecule has 744 valence electrons. The zero-order valence-electron chi connectivity index (χ0n) is 81.4. The standard InChI is InChI=1S/C28H29N5O2S.C27H28N6O2S.C27H27N5O3S.C23H26N10O3S/c1-33(2)23-9-10-24-25(15-23)36-28(31-24)32-27(35)20-7-3-5-18(13-20)16-30-26(34)21-8-4-6-19(14-21)22-11-12-29-17-22;1-32(2)22-10-11-23-24(15-22)36-27(30-23)31-26(35)20-5-3-4-18(14-20)16-29-25(34)19-6-8-21(9-7-19)33-13-12-28-17-33;1-32(2)21-10-11-22-24(13-21)36-27(30-22)31-26(34)20-5-3-4-17(12-20)14-29-25(33)19-8-6-18(7-9-19)23-15-28-16-35-23;1-12-18(28-31-33(12)20-19(24)29-36-30-20)22(35)25-11-13-5-4-6-14(9-13)21(34)27-23-26-16-8-7-15(32(2)3)10-17(16)37-23/h3-8,11,13-14,17,23H,9-10,12,15-16H2,1-2H3,(H,30,34)(H,31,32,35);3-9,12-14,17,22H,10-11,15-16H2,1-2H3,(H,29,34)(H,30,31,35);3-9,12,15-16,21H,10-11,13-14H2,1-2H3,(H,29,33)(H,30,31,34);4-6,9,15H,7-8,10-11H2,1-3H3,(H2,24,29)(H,25,35)(H,26,27,34)/t23-;22-;21-;15-/m0000/s1. The molecule has 1 aliphatic heterocycles. The highest BCUT2D eigenvalue weighted by atomic mass is 32.1. The fraction of sp³-hybridized carbons (Fsp3) is 0.286. The molecule has 0 saturated carbocycles. The van der Waals surface area contributed by atoms with E-state index in [2.05, 4.69) is 179 Å². The van der Waals surface area contributed by atoms with E-state index in [1.807, 2.05) is 108 Å². The molecule has 0 spiro atoms. The normalized spacial score (nSPS) is 15.3. The van der Waals surface area contributed by atoms with E-state index in [0.29, 0.717) is 121 Å². The lowest BCUT2D eigenvalue weighted by Crippen LogP contribution is -2.32. The third kappa shape index (κ3) is 25.8. The van der Waals surface area contributed by atoms with Gasteiger partial charge < -0.3 is 55.6 Å². The topological polar surface area (TPSA) is 449 Å². The number of benzene rings is 7. The van der Waals surface area contributed by atoms with Gasteiger partial charge in [0.1, 0.15) is 0 Å². The van der Waals surface area contributed by atoms with Gasteiger partial charge >= 0.3 is 0 Å². The minimum Gasteiger partial charge on any atom is -0.444 e. The van der Waals surface area contributed by atoms with Gasteiger partial charge in [0.2, 0.25) is 11.6 Å². The maximum Gasteiger partial charge on any atom is 0.274 e. The molecular formula is C105H110N26O10S4. The van der Waals surface area contributed by atoms with Crippen molar-refractivity contribution >= 4 is 131 Å². The molecule has 5 aliphatic rings. The van der Waals surface area contributed by atoms with E-state index in [0.717, 1.165) is 144 Å². The first-order valence-corrected chi connectivity index (χ1v) is 50.7. The number of nitrogens with one attached hydrogen (secondary N) is 8. The highest BCUT2D eigenvalue weighted by Gasteiger charge is 2.31. The average Bonchev–Trinajstić information content (AvgIpc) is 1.48. The molecule has 20 rings (SSSR count). The van der Waals surface area contributed by atoms with Crippen molar-refractivity contribution < 1.29 is 47.4 Å². The van der Waals surface area contributed by atoms with E-state index >= 15 is 0 Å². The fourth-order valence-electron chi connectivity index (χ4n) is 17.3. The lowest BCUT2D eigenvalue weighted by Gasteiger charge is -2.27. The average molecular weight is 2020 g/mol. The summed E-state index contributed by atoms with van der Waals surface area (Å²) in [6.07, 6.45) is 24.0. The maximum absolute atomic E-state index is 12.9. The zero-order valence-corrected chi connectivity index (χ0v) is 84.7. The van der Waals surface area contributed by atoms with Crippen molar-refractivity contribution in [2.45, 2.75) is 134 Å². The van der Waals surface area contributed by atoms with Crippen molar-refractivity contribution in [3.63, 3.8) is 0 Å². The van der Waals surface area contributed by atoms with Crippen LogP contribution in [-0.4, -0.2) is 220 Å². The molecule has 8 amide bonds. The van der Waals surface area contributed by atoms with Crippen LogP contribution in [0.5, 0.6) is 0 Å². The van der Waals surface area contributed by atoms with Crippen molar-refractivity contribution in [1.29, 1.82) is 0 Å². The Morgan fingerprint density at radius 2 is 0.821 bits per heavy atom. The Morgan fingerprint density at radius 3 is 1.18 bits per heavy atom. The highest BCUT2D eigenvalue weighted by molar-refractivity contribution is 7.17. The minimum atomic E-state index is -0.432. The number of rotatable bonds is 28. The van der Waals surface area contributed by atoms with Crippen molar-refractivity contribution in [2.75, 3.05) is 89.9 Å². The molecule has 145 heavy (non-hydrogen) atoms. The van der Waals surface area contributed by atoms with E-state index in [1.54, 1.807) is 145 Å². The van der Waals surface area contributed by atoms with E-state index in [-0.39, 0.29) is 65.2 Å². The first-order valence-electron chi connectivity index (χ1n) is 47.4. The molecule has 4 aliphatic carbocycles. The summed E-state index contributed by atoms with van der Waals surface area (Å²) in [5, 5.41) is 40.9. The number of aliphatic imine (C=N–C) groups is 1. The minimum absolute atomic E-state index is 0.0331. The van der Waals surface area contributed by atoms with Gasteiger partial charge in [-0.2, -0.15) is 4.68 Å². The molecule has 36 nitrogen and oxygen atoms in total. The number of carbonyl (C=O) groups is 8. The highest BCUT2D eigenvalue weighted by Crippen LogP contribution is 2.37. The van der Waals surface area contributed by atoms with Crippen molar-refractivity contribution in [3.8, 4) is 22.8 Å². The number of hydrogen-bond acceptors (Lipinski definition) is 30.